The van der Waals surface area contributed by atoms with E-state index in [-0.39, 0.29) is 4.91 Å². The molecule has 5 nitrogen and oxygen atoms in total. The zero-order valence-electron chi connectivity index (χ0n) is 11.0. The first-order valence-electron chi connectivity index (χ1n) is 5.55. The van der Waals surface area contributed by atoms with Crippen molar-refractivity contribution in [2.45, 2.75) is 6.92 Å². The Bertz CT molecular complexity index is 627. The van der Waals surface area contributed by atoms with E-state index in [4.69, 9.17) is 14.7 Å². The molecule has 0 amide bonds. The quantitative estimate of drug-likeness (QED) is 0.771. The van der Waals surface area contributed by atoms with Gasteiger partial charge in [0, 0.05) is 6.26 Å². The van der Waals surface area contributed by atoms with Crippen LogP contribution >= 0.6 is 0 Å². The molecule has 0 aliphatic carbocycles. The smallest absolute Gasteiger partial charge is 0.185 e. The van der Waals surface area contributed by atoms with Gasteiger partial charge in [0.05, 0.1) is 13.7 Å². The molecule has 6 heteroatoms. The van der Waals surface area contributed by atoms with Crippen molar-refractivity contribution in [1.29, 1.82) is 5.26 Å². The average molecular weight is 281 g/mol. The number of ether oxygens (including phenoxy) is 2. The number of rotatable bonds is 5. The van der Waals surface area contributed by atoms with Crippen LogP contribution in [0.3, 0.4) is 0 Å². The van der Waals surface area contributed by atoms with Gasteiger partial charge in [0.1, 0.15) is 11.0 Å². The van der Waals surface area contributed by atoms with Crippen LogP contribution in [0.25, 0.3) is 6.08 Å². The van der Waals surface area contributed by atoms with Crippen LogP contribution in [0.4, 0.5) is 0 Å². The molecule has 1 rings (SSSR count). The molecule has 0 saturated heterocycles. The zero-order chi connectivity index (χ0) is 14.5. The molecular formula is C13H15NO4S. The number of benzene rings is 1. The Morgan fingerprint density at radius 3 is 2.58 bits per heavy atom. The molecule has 0 fully saturated rings. The maximum atomic E-state index is 11.4. The summed E-state index contributed by atoms with van der Waals surface area (Å²) in [5.41, 5.74) is 0.561. The highest BCUT2D eigenvalue weighted by Crippen LogP contribution is 2.29. The third-order valence-electron chi connectivity index (χ3n) is 2.29. The molecule has 0 spiro atoms. The molecule has 0 radical (unpaired) electrons. The predicted octanol–water partition coefficient (Wildman–Crippen LogP) is 2.00. The number of nitrogens with zero attached hydrogens (tertiary/aromatic N) is 1. The first kappa shape index (κ1) is 15.1. The summed E-state index contributed by atoms with van der Waals surface area (Å²) < 4.78 is 33.2. The van der Waals surface area contributed by atoms with Gasteiger partial charge < -0.3 is 9.47 Å². The monoisotopic (exact) mass is 281 g/mol. The summed E-state index contributed by atoms with van der Waals surface area (Å²) in [5, 5.41) is 8.84. The van der Waals surface area contributed by atoms with Gasteiger partial charge >= 0.3 is 0 Å². The summed E-state index contributed by atoms with van der Waals surface area (Å²) >= 11 is 0. The highest BCUT2D eigenvalue weighted by atomic mass is 32.2. The summed E-state index contributed by atoms with van der Waals surface area (Å²) in [4.78, 5) is -0.292. The molecule has 102 valence electrons. The number of allylic oxidation sites excluding steroid dienone is 1. The van der Waals surface area contributed by atoms with Crippen molar-refractivity contribution in [2.75, 3.05) is 20.0 Å². The number of nitriles is 1. The second-order valence-corrected chi connectivity index (χ2v) is 5.72. The van der Waals surface area contributed by atoms with Crippen LogP contribution in [0.1, 0.15) is 12.5 Å². The Hall–Kier alpha value is -2.00. The van der Waals surface area contributed by atoms with E-state index in [2.05, 4.69) is 0 Å². The minimum atomic E-state index is -3.53. The molecule has 0 atom stereocenters. The van der Waals surface area contributed by atoms with Gasteiger partial charge in [-0.05, 0) is 30.7 Å². The Balaban J connectivity index is 3.27. The van der Waals surface area contributed by atoms with Gasteiger partial charge in [-0.3, -0.25) is 0 Å². The average Bonchev–Trinajstić information content (AvgIpc) is 2.35. The van der Waals surface area contributed by atoms with Crippen molar-refractivity contribution in [3.63, 3.8) is 0 Å². The van der Waals surface area contributed by atoms with E-state index in [0.29, 0.717) is 23.7 Å². The fraction of sp³-hybridized carbons (Fsp3) is 0.308. The van der Waals surface area contributed by atoms with Crippen LogP contribution in [0, 0.1) is 11.3 Å². The molecule has 19 heavy (non-hydrogen) atoms. The first-order chi connectivity index (χ1) is 8.92. The number of hydrogen-bond acceptors (Lipinski definition) is 5. The van der Waals surface area contributed by atoms with Crippen molar-refractivity contribution >= 4 is 15.9 Å². The van der Waals surface area contributed by atoms with E-state index < -0.39 is 9.84 Å². The molecule has 0 unspecified atom stereocenters. The summed E-state index contributed by atoms with van der Waals surface area (Å²) in [7, 11) is -2.01. The van der Waals surface area contributed by atoms with Crippen molar-refractivity contribution in [1.82, 2.24) is 0 Å². The van der Waals surface area contributed by atoms with Crippen molar-refractivity contribution in [3.8, 4) is 17.6 Å². The number of hydrogen-bond donors (Lipinski definition) is 0. The molecule has 0 saturated carbocycles. The van der Waals surface area contributed by atoms with E-state index in [9.17, 15) is 8.42 Å². The fourth-order valence-electron chi connectivity index (χ4n) is 1.42. The molecule has 0 bridgehead atoms. The van der Waals surface area contributed by atoms with Crippen molar-refractivity contribution in [3.05, 3.63) is 28.7 Å². The highest BCUT2D eigenvalue weighted by molar-refractivity contribution is 7.95. The normalized spacial score (nSPS) is 11.8. The standard InChI is InChI=1S/C13H15NO4S/c1-4-18-13-8-10(5-6-12(13)17-2)7-11(9-14)19(3,15)16/h5-8H,4H2,1-3H3/b11-7+. The van der Waals surface area contributed by atoms with Crippen LogP contribution in [0.15, 0.2) is 23.1 Å². The fourth-order valence-corrected chi connectivity index (χ4v) is 1.94. The largest absolute Gasteiger partial charge is 0.493 e. The van der Waals surface area contributed by atoms with Crippen LogP contribution in [-0.2, 0) is 9.84 Å². The summed E-state index contributed by atoms with van der Waals surface area (Å²) in [6.07, 6.45) is 2.30. The minimum absolute atomic E-state index is 0.292. The third-order valence-corrected chi connectivity index (χ3v) is 3.30. The van der Waals surface area contributed by atoms with E-state index >= 15 is 0 Å². The first-order valence-corrected chi connectivity index (χ1v) is 7.44. The molecule has 0 aliphatic heterocycles. The van der Waals surface area contributed by atoms with Gasteiger partial charge in [0.2, 0.25) is 0 Å². The van der Waals surface area contributed by atoms with Crippen LogP contribution < -0.4 is 9.47 Å². The molecule has 1 aromatic carbocycles. The molecule has 0 aliphatic rings. The van der Waals surface area contributed by atoms with E-state index in [0.717, 1.165) is 6.26 Å². The second-order valence-electron chi connectivity index (χ2n) is 3.74. The topological polar surface area (TPSA) is 76.4 Å². The SMILES string of the molecule is CCOc1cc(/C=C(\C#N)S(C)(=O)=O)ccc1OC. The lowest BCUT2D eigenvalue weighted by atomic mass is 10.2. The van der Waals surface area contributed by atoms with Crippen LogP contribution in [0.5, 0.6) is 11.5 Å². The van der Waals surface area contributed by atoms with Gasteiger partial charge in [0.25, 0.3) is 0 Å². The Morgan fingerprint density at radius 1 is 1.42 bits per heavy atom. The highest BCUT2D eigenvalue weighted by Gasteiger charge is 2.11. The Kier molecular flexibility index (Phi) is 4.95. The predicted molar refractivity (Wildman–Crippen MR) is 72.6 cm³/mol. The van der Waals surface area contributed by atoms with Gasteiger partial charge in [-0.15, -0.1) is 0 Å². The van der Waals surface area contributed by atoms with Gasteiger partial charge in [0.15, 0.2) is 21.3 Å². The van der Waals surface area contributed by atoms with Crippen LogP contribution in [0.2, 0.25) is 0 Å². The van der Waals surface area contributed by atoms with E-state index in [1.165, 1.54) is 13.2 Å². The Labute approximate surface area is 113 Å². The lowest BCUT2D eigenvalue weighted by Crippen LogP contribution is -1.99. The molecule has 0 N–H and O–H groups in total. The summed E-state index contributed by atoms with van der Waals surface area (Å²) in [6.45, 7) is 2.29. The second kappa shape index (κ2) is 6.25. The lowest BCUT2D eigenvalue weighted by molar-refractivity contribution is 0.311. The lowest BCUT2D eigenvalue weighted by Gasteiger charge is -2.09. The van der Waals surface area contributed by atoms with Crippen molar-refractivity contribution in [2.24, 2.45) is 0 Å². The van der Waals surface area contributed by atoms with E-state index in [1.807, 2.05) is 6.92 Å². The number of methoxy groups -OCH3 is 1. The van der Waals surface area contributed by atoms with E-state index in [1.54, 1.807) is 24.3 Å². The molecule has 0 aromatic heterocycles. The molecule has 1 aromatic rings. The number of sulfone groups is 1. The third kappa shape index (κ3) is 4.00. The van der Waals surface area contributed by atoms with Gasteiger partial charge in [-0.2, -0.15) is 5.26 Å². The Morgan fingerprint density at radius 2 is 2.11 bits per heavy atom. The zero-order valence-corrected chi connectivity index (χ0v) is 11.8. The maximum Gasteiger partial charge on any atom is 0.185 e. The molecular weight excluding hydrogens is 266 g/mol. The maximum absolute atomic E-state index is 11.4. The van der Waals surface area contributed by atoms with Gasteiger partial charge in [-0.1, -0.05) is 6.07 Å². The minimum Gasteiger partial charge on any atom is -0.493 e. The summed E-state index contributed by atoms with van der Waals surface area (Å²) in [6, 6.07) is 6.62. The molecule has 0 heterocycles. The van der Waals surface area contributed by atoms with Crippen LogP contribution in [-0.4, -0.2) is 28.4 Å². The summed E-state index contributed by atoms with van der Waals surface area (Å²) in [5.74, 6) is 1.06. The van der Waals surface area contributed by atoms with Gasteiger partial charge in [-0.25, -0.2) is 8.42 Å². The van der Waals surface area contributed by atoms with Crippen molar-refractivity contribution < 1.29 is 17.9 Å².